The molecule has 0 radical (unpaired) electrons. The third-order valence-electron chi connectivity index (χ3n) is 3.54. The molecule has 0 aromatic heterocycles. The first-order valence-electron chi connectivity index (χ1n) is 7.19. The van der Waals surface area contributed by atoms with E-state index in [2.05, 4.69) is 17.1 Å². The van der Waals surface area contributed by atoms with E-state index in [0.29, 0.717) is 12.5 Å². The highest BCUT2D eigenvalue weighted by Gasteiger charge is 2.15. The van der Waals surface area contributed by atoms with Gasteiger partial charge in [-0.2, -0.15) is 0 Å². The molecule has 1 saturated heterocycles. The van der Waals surface area contributed by atoms with Gasteiger partial charge in [0.1, 0.15) is 5.82 Å². The minimum Gasteiger partial charge on any atom is -0.398 e. The van der Waals surface area contributed by atoms with Crippen molar-refractivity contribution in [3.8, 4) is 0 Å². The van der Waals surface area contributed by atoms with Crippen LogP contribution in [0.5, 0.6) is 0 Å². The third-order valence-corrected chi connectivity index (χ3v) is 3.54. The summed E-state index contributed by atoms with van der Waals surface area (Å²) in [5, 5.41) is 2.81. The van der Waals surface area contributed by atoms with Crippen LogP contribution in [-0.4, -0.2) is 50.2 Å². The number of nitrogens with zero attached hydrogens (tertiary/aromatic N) is 1. The van der Waals surface area contributed by atoms with Gasteiger partial charge in [-0.15, -0.1) is 0 Å². The molecule has 1 fully saturated rings. The monoisotopic (exact) mass is 295 g/mol. The number of halogens is 1. The number of benzene rings is 1. The first kappa shape index (κ1) is 15.7. The number of nitrogens with one attached hydrogen (secondary N) is 1. The summed E-state index contributed by atoms with van der Waals surface area (Å²) in [4.78, 5) is 14.3. The lowest BCUT2D eigenvalue weighted by Crippen LogP contribution is -2.41. The van der Waals surface area contributed by atoms with Crippen molar-refractivity contribution in [1.82, 2.24) is 10.2 Å². The van der Waals surface area contributed by atoms with Crippen molar-refractivity contribution in [2.24, 2.45) is 5.92 Å². The molecule has 1 aromatic rings. The molecule has 2 rings (SSSR count). The molecule has 0 spiro atoms. The van der Waals surface area contributed by atoms with Crippen LogP contribution in [-0.2, 0) is 4.74 Å². The van der Waals surface area contributed by atoms with Crippen LogP contribution >= 0.6 is 0 Å². The molecule has 1 aliphatic heterocycles. The number of amides is 1. The van der Waals surface area contributed by atoms with E-state index in [1.165, 1.54) is 12.1 Å². The normalized spacial score (nSPS) is 17.4. The number of hydrogen-bond acceptors (Lipinski definition) is 4. The molecule has 1 amide bonds. The van der Waals surface area contributed by atoms with Crippen molar-refractivity contribution in [1.29, 1.82) is 0 Å². The van der Waals surface area contributed by atoms with Gasteiger partial charge in [-0.05, 0) is 24.1 Å². The van der Waals surface area contributed by atoms with Gasteiger partial charge in [0.05, 0.1) is 18.8 Å². The lowest BCUT2D eigenvalue weighted by Gasteiger charge is -2.29. The molecule has 1 atom stereocenters. The number of carbonyl (C=O) groups is 1. The van der Waals surface area contributed by atoms with Crippen LogP contribution < -0.4 is 11.1 Å². The van der Waals surface area contributed by atoms with E-state index in [-0.39, 0.29) is 17.2 Å². The Morgan fingerprint density at radius 2 is 2.19 bits per heavy atom. The molecule has 116 valence electrons. The Bertz CT molecular complexity index is 490. The largest absolute Gasteiger partial charge is 0.398 e. The summed E-state index contributed by atoms with van der Waals surface area (Å²) >= 11 is 0. The number of nitrogens with two attached hydrogens (primary N) is 1. The van der Waals surface area contributed by atoms with Crippen LogP contribution in [0.25, 0.3) is 0 Å². The van der Waals surface area contributed by atoms with Gasteiger partial charge in [-0.3, -0.25) is 9.69 Å². The SMILES string of the molecule is CC(CNC(=O)c1cc(F)ccc1N)CN1CCOCC1. The Morgan fingerprint density at radius 3 is 2.90 bits per heavy atom. The molecule has 21 heavy (non-hydrogen) atoms. The van der Waals surface area contributed by atoms with Gasteiger partial charge < -0.3 is 15.8 Å². The fourth-order valence-electron chi connectivity index (χ4n) is 2.38. The Hall–Kier alpha value is -1.66. The second-order valence-corrected chi connectivity index (χ2v) is 5.46. The number of morpholine rings is 1. The van der Waals surface area contributed by atoms with Gasteiger partial charge in [-0.1, -0.05) is 6.92 Å². The molecule has 0 saturated carbocycles. The molecule has 0 aliphatic carbocycles. The number of rotatable bonds is 5. The van der Waals surface area contributed by atoms with Crippen LogP contribution in [0.2, 0.25) is 0 Å². The summed E-state index contributed by atoms with van der Waals surface area (Å²) in [6.45, 7) is 6.89. The average molecular weight is 295 g/mol. The van der Waals surface area contributed by atoms with Crippen molar-refractivity contribution < 1.29 is 13.9 Å². The standard InChI is InChI=1S/C15H22FN3O2/c1-11(10-19-4-6-21-7-5-19)9-18-15(20)13-8-12(16)2-3-14(13)17/h2-3,8,11H,4-7,9-10,17H2,1H3,(H,18,20). The zero-order chi connectivity index (χ0) is 15.2. The fraction of sp³-hybridized carbons (Fsp3) is 0.533. The number of carbonyl (C=O) groups excluding carboxylic acids is 1. The van der Waals surface area contributed by atoms with Gasteiger partial charge in [0, 0.05) is 31.9 Å². The minimum absolute atomic E-state index is 0.188. The predicted molar refractivity (Wildman–Crippen MR) is 79.6 cm³/mol. The van der Waals surface area contributed by atoms with E-state index >= 15 is 0 Å². The van der Waals surface area contributed by atoms with Gasteiger partial charge in [0.2, 0.25) is 0 Å². The van der Waals surface area contributed by atoms with Crippen LogP contribution in [0, 0.1) is 11.7 Å². The lowest BCUT2D eigenvalue weighted by molar-refractivity contribution is 0.0317. The van der Waals surface area contributed by atoms with E-state index < -0.39 is 5.82 Å². The number of hydrogen-bond donors (Lipinski definition) is 2. The van der Waals surface area contributed by atoms with Crippen LogP contribution in [0.3, 0.4) is 0 Å². The summed E-state index contributed by atoms with van der Waals surface area (Å²) in [6.07, 6.45) is 0. The second kappa shape index (κ2) is 7.38. The number of anilines is 1. The van der Waals surface area contributed by atoms with E-state index in [9.17, 15) is 9.18 Å². The average Bonchev–Trinajstić information content (AvgIpc) is 2.48. The molecule has 1 heterocycles. The topological polar surface area (TPSA) is 67.6 Å². The third kappa shape index (κ3) is 4.68. The quantitative estimate of drug-likeness (QED) is 0.799. The summed E-state index contributed by atoms with van der Waals surface area (Å²) in [5.74, 6) is -0.488. The van der Waals surface area contributed by atoms with Gasteiger partial charge in [-0.25, -0.2) is 4.39 Å². The van der Waals surface area contributed by atoms with E-state index in [4.69, 9.17) is 10.5 Å². The van der Waals surface area contributed by atoms with Crippen molar-refractivity contribution in [2.75, 3.05) is 45.1 Å². The smallest absolute Gasteiger partial charge is 0.253 e. The molecule has 6 heteroatoms. The van der Waals surface area contributed by atoms with Crippen molar-refractivity contribution in [3.05, 3.63) is 29.6 Å². The molecule has 0 bridgehead atoms. The molecular weight excluding hydrogens is 273 g/mol. The van der Waals surface area contributed by atoms with Crippen molar-refractivity contribution in [2.45, 2.75) is 6.92 Å². The Kier molecular flexibility index (Phi) is 5.52. The summed E-state index contributed by atoms with van der Waals surface area (Å²) in [6, 6.07) is 3.81. The molecule has 1 aliphatic rings. The maximum Gasteiger partial charge on any atom is 0.253 e. The van der Waals surface area contributed by atoms with Gasteiger partial charge >= 0.3 is 0 Å². The first-order chi connectivity index (χ1) is 10.1. The predicted octanol–water partition coefficient (Wildman–Crippen LogP) is 1.11. The van der Waals surface area contributed by atoms with Crippen LogP contribution in [0.4, 0.5) is 10.1 Å². The Morgan fingerprint density at radius 1 is 1.48 bits per heavy atom. The Labute approximate surface area is 124 Å². The lowest BCUT2D eigenvalue weighted by atomic mass is 10.1. The number of nitrogen functional groups attached to an aromatic ring is 1. The van der Waals surface area contributed by atoms with Crippen molar-refractivity contribution in [3.63, 3.8) is 0 Å². The van der Waals surface area contributed by atoms with Gasteiger partial charge in [0.25, 0.3) is 5.91 Å². The molecule has 3 N–H and O–H groups in total. The molecular formula is C15H22FN3O2. The van der Waals surface area contributed by atoms with E-state index in [1.807, 2.05) is 0 Å². The highest BCUT2D eigenvalue weighted by molar-refractivity contribution is 5.99. The summed E-state index contributed by atoms with van der Waals surface area (Å²) in [7, 11) is 0. The molecule has 5 nitrogen and oxygen atoms in total. The van der Waals surface area contributed by atoms with Gasteiger partial charge in [0.15, 0.2) is 0 Å². The molecule has 1 unspecified atom stereocenters. The summed E-state index contributed by atoms with van der Waals surface area (Å²) < 4.78 is 18.5. The summed E-state index contributed by atoms with van der Waals surface area (Å²) in [5.41, 5.74) is 6.17. The highest BCUT2D eigenvalue weighted by Crippen LogP contribution is 2.13. The Balaban J connectivity index is 1.81. The second-order valence-electron chi connectivity index (χ2n) is 5.46. The van der Waals surface area contributed by atoms with Crippen LogP contribution in [0.15, 0.2) is 18.2 Å². The maximum atomic E-state index is 13.2. The number of ether oxygens (including phenoxy) is 1. The van der Waals surface area contributed by atoms with E-state index in [1.54, 1.807) is 0 Å². The highest BCUT2D eigenvalue weighted by atomic mass is 19.1. The zero-order valence-corrected chi connectivity index (χ0v) is 12.3. The fourth-order valence-corrected chi connectivity index (χ4v) is 2.38. The van der Waals surface area contributed by atoms with Crippen molar-refractivity contribution >= 4 is 11.6 Å². The van der Waals surface area contributed by atoms with Crippen LogP contribution in [0.1, 0.15) is 17.3 Å². The maximum absolute atomic E-state index is 13.2. The zero-order valence-electron chi connectivity index (χ0n) is 12.3. The molecule has 1 aromatic carbocycles. The first-order valence-corrected chi connectivity index (χ1v) is 7.19. The minimum atomic E-state index is -0.462. The van der Waals surface area contributed by atoms with E-state index in [0.717, 1.165) is 38.9 Å².